The Morgan fingerprint density at radius 2 is 1.85 bits per heavy atom. The van der Waals surface area contributed by atoms with E-state index in [1.54, 1.807) is 0 Å². The summed E-state index contributed by atoms with van der Waals surface area (Å²) in [5, 5.41) is 10.3. The van der Waals surface area contributed by atoms with Crippen molar-refractivity contribution in [3.63, 3.8) is 0 Å². The molecule has 110 valence electrons. The summed E-state index contributed by atoms with van der Waals surface area (Å²) < 4.78 is 1.06. The third kappa shape index (κ3) is 2.67. The van der Waals surface area contributed by atoms with Crippen molar-refractivity contribution in [1.29, 1.82) is 0 Å². The van der Waals surface area contributed by atoms with E-state index in [2.05, 4.69) is 57.8 Å². The summed E-state index contributed by atoms with van der Waals surface area (Å²) in [5.41, 5.74) is 2.43. The van der Waals surface area contributed by atoms with E-state index in [1.165, 1.54) is 5.56 Å². The average molecular weight is 339 g/mol. The first-order chi connectivity index (χ1) is 9.56. The number of fused-ring (bicyclic) bond motifs is 1. The number of piperazine rings is 1. The molecule has 2 atom stereocenters. The predicted octanol–water partition coefficient (Wildman–Crippen LogP) is 2.95. The Labute approximate surface area is 129 Å². The summed E-state index contributed by atoms with van der Waals surface area (Å²) in [6.45, 7) is 9.01. The van der Waals surface area contributed by atoms with E-state index in [0.717, 1.165) is 42.6 Å². The van der Waals surface area contributed by atoms with Crippen molar-refractivity contribution in [3.05, 3.63) is 33.8 Å². The summed E-state index contributed by atoms with van der Waals surface area (Å²) in [7, 11) is 0. The van der Waals surface area contributed by atoms with Gasteiger partial charge in [-0.1, -0.05) is 22.0 Å². The molecule has 20 heavy (non-hydrogen) atoms. The summed E-state index contributed by atoms with van der Waals surface area (Å²) in [4.78, 5) is 5.08. The van der Waals surface area contributed by atoms with Crippen LogP contribution < -0.4 is 0 Å². The van der Waals surface area contributed by atoms with Crippen molar-refractivity contribution in [2.75, 3.05) is 26.2 Å². The lowest BCUT2D eigenvalue weighted by atomic mass is 10.1. The molecular formula is C16H23BrN2O. The maximum Gasteiger partial charge on any atom is 0.0811 e. The van der Waals surface area contributed by atoms with Gasteiger partial charge in [0.2, 0.25) is 0 Å². The van der Waals surface area contributed by atoms with Crippen LogP contribution in [-0.2, 0) is 0 Å². The van der Waals surface area contributed by atoms with E-state index >= 15 is 0 Å². The van der Waals surface area contributed by atoms with Crippen molar-refractivity contribution in [3.8, 4) is 0 Å². The minimum absolute atomic E-state index is 0.310. The average Bonchev–Trinajstić information content (AvgIpc) is 2.76. The van der Waals surface area contributed by atoms with Crippen LogP contribution in [0.4, 0.5) is 0 Å². The normalized spacial score (nSPS) is 28.1. The fourth-order valence-corrected chi connectivity index (χ4v) is 3.89. The maximum atomic E-state index is 10.3. The zero-order chi connectivity index (χ0) is 14.3. The number of benzene rings is 1. The maximum absolute atomic E-state index is 10.3. The number of rotatable bonds is 2. The largest absolute Gasteiger partial charge is 0.388 e. The molecule has 0 spiro atoms. The summed E-state index contributed by atoms with van der Waals surface area (Å²) in [6, 6.07) is 7.37. The van der Waals surface area contributed by atoms with E-state index in [-0.39, 0.29) is 6.10 Å². The minimum atomic E-state index is -0.310. The zero-order valence-electron chi connectivity index (χ0n) is 12.2. The molecule has 0 saturated carbocycles. The van der Waals surface area contributed by atoms with Gasteiger partial charge in [0.15, 0.2) is 0 Å². The second-order valence-electron chi connectivity index (χ2n) is 6.21. The molecular weight excluding hydrogens is 316 g/mol. The third-order valence-corrected chi connectivity index (χ3v) is 5.23. The zero-order valence-corrected chi connectivity index (χ0v) is 13.8. The highest BCUT2D eigenvalue weighted by molar-refractivity contribution is 9.10. The summed E-state index contributed by atoms with van der Waals surface area (Å²) in [6.07, 6.45) is 0.531. The molecule has 4 heteroatoms. The van der Waals surface area contributed by atoms with Gasteiger partial charge in [0, 0.05) is 42.7 Å². The van der Waals surface area contributed by atoms with Crippen LogP contribution in [0, 0.1) is 0 Å². The monoisotopic (exact) mass is 338 g/mol. The number of hydrogen-bond acceptors (Lipinski definition) is 3. The van der Waals surface area contributed by atoms with Crippen molar-refractivity contribution in [1.82, 2.24) is 9.80 Å². The molecule has 0 amide bonds. The van der Waals surface area contributed by atoms with E-state index in [1.807, 2.05) is 0 Å². The topological polar surface area (TPSA) is 26.7 Å². The first-order valence-corrected chi connectivity index (χ1v) is 8.31. The number of aliphatic hydroxyl groups excluding tert-OH is 1. The molecule has 0 aromatic heterocycles. The molecule has 1 aliphatic heterocycles. The molecule has 2 unspecified atom stereocenters. The minimum Gasteiger partial charge on any atom is -0.388 e. The first-order valence-electron chi connectivity index (χ1n) is 7.52. The van der Waals surface area contributed by atoms with Gasteiger partial charge in [0.05, 0.1) is 6.10 Å². The van der Waals surface area contributed by atoms with Crippen LogP contribution in [0.3, 0.4) is 0 Å². The lowest BCUT2D eigenvalue weighted by Gasteiger charge is -2.40. The van der Waals surface area contributed by atoms with Gasteiger partial charge in [-0.2, -0.15) is 0 Å². The Bertz CT molecular complexity index is 483. The lowest BCUT2D eigenvalue weighted by molar-refractivity contribution is 0.0623. The van der Waals surface area contributed by atoms with E-state index in [0.29, 0.717) is 12.1 Å². The van der Waals surface area contributed by atoms with Gasteiger partial charge in [-0.05, 0) is 43.5 Å². The van der Waals surface area contributed by atoms with Gasteiger partial charge < -0.3 is 5.11 Å². The molecule has 3 nitrogen and oxygen atoms in total. The number of nitrogens with zero attached hydrogens (tertiary/aromatic N) is 2. The number of halogens is 1. The Balaban J connectivity index is 1.74. The van der Waals surface area contributed by atoms with Crippen LogP contribution in [0.1, 0.15) is 43.5 Å². The lowest BCUT2D eigenvalue weighted by Crippen LogP contribution is -2.49. The Morgan fingerprint density at radius 3 is 2.50 bits per heavy atom. The molecule has 1 aliphatic carbocycles. The van der Waals surface area contributed by atoms with Crippen LogP contribution >= 0.6 is 15.9 Å². The molecule has 1 aromatic carbocycles. The van der Waals surface area contributed by atoms with Gasteiger partial charge in [0.1, 0.15) is 0 Å². The van der Waals surface area contributed by atoms with Gasteiger partial charge in [-0.15, -0.1) is 0 Å². The van der Waals surface area contributed by atoms with Crippen LogP contribution in [-0.4, -0.2) is 47.1 Å². The molecule has 1 heterocycles. The highest BCUT2D eigenvalue weighted by atomic mass is 79.9. The van der Waals surface area contributed by atoms with Crippen LogP contribution in [0.2, 0.25) is 0 Å². The second kappa shape index (κ2) is 5.76. The molecule has 0 bridgehead atoms. The van der Waals surface area contributed by atoms with E-state index in [4.69, 9.17) is 0 Å². The van der Waals surface area contributed by atoms with Crippen molar-refractivity contribution in [2.24, 2.45) is 0 Å². The van der Waals surface area contributed by atoms with Crippen molar-refractivity contribution >= 4 is 15.9 Å². The van der Waals surface area contributed by atoms with Gasteiger partial charge in [0.25, 0.3) is 0 Å². The summed E-state index contributed by atoms with van der Waals surface area (Å²) >= 11 is 3.50. The molecule has 1 fully saturated rings. The Kier molecular flexibility index (Phi) is 4.18. The molecule has 0 radical (unpaired) electrons. The molecule has 1 aromatic rings. The van der Waals surface area contributed by atoms with Gasteiger partial charge >= 0.3 is 0 Å². The molecule has 1 saturated heterocycles. The van der Waals surface area contributed by atoms with Crippen LogP contribution in [0.5, 0.6) is 0 Å². The quantitative estimate of drug-likeness (QED) is 0.898. The first kappa shape index (κ1) is 14.5. The van der Waals surface area contributed by atoms with Crippen LogP contribution in [0.25, 0.3) is 0 Å². The fraction of sp³-hybridized carbons (Fsp3) is 0.625. The highest BCUT2D eigenvalue weighted by Crippen LogP contribution is 2.43. The standard InChI is InChI=1S/C16H23BrN2O/c1-11(2)18-5-7-19(8-6-18)15-10-16(20)14-9-12(17)3-4-13(14)15/h3-4,9,11,15-16,20H,5-8,10H2,1-2H3. The van der Waals surface area contributed by atoms with Gasteiger partial charge in [-0.25, -0.2) is 0 Å². The Hall–Kier alpha value is -0.420. The van der Waals surface area contributed by atoms with Crippen LogP contribution in [0.15, 0.2) is 22.7 Å². The smallest absolute Gasteiger partial charge is 0.0811 e. The number of aliphatic hydroxyl groups is 1. The second-order valence-corrected chi connectivity index (χ2v) is 7.12. The molecule has 1 N–H and O–H groups in total. The predicted molar refractivity (Wildman–Crippen MR) is 84.7 cm³/mol. The highest BCUT2D eigenvalue weighted by Gasteiger charge is 2.35. The fourth-order valence-electron chi connectivity index (χ4n) is 3.51. The van der Waals surface area contributed by atoms with E-state index < -0.39 is 0 Å². The van der Waals surface area contributed by atoms with Crippen molar-refractivity contribution in [2.45, 2.75) is 38.5 Å². The SMILES string of the molecule is CC(C)N1CCN(C2CC(O)c3cc(Br)ccc32)CC1. The Morgan fingerprint density at radius 1 is 1.15 bits per heavy atom. The number of hydrogen-bond donors (Lipinski definition) is 1. The third-order valence-electron chi connectivity index (χ3n) is 4.73. The molecule has 3 rings (SSSR count). The van der Waals surface area contributed by atoms with Crippen molar-refractivity contribution < 1.29 is 5.11 Å². The summed E-state index contributed by atoms with van der Waals surface area (Å²) in [5.74, 6) is 0. The van der Waals surface area contributed by atoms with Gasteiger partial charge in [-0.3, -0.25) is 9.80 Å². The van der Waals surface area contributed by atoms with E-state index in [9.17, 15) is 5.11 Å². The molecule has 2 aliphatic rings.